The molecule has 3 fully saturated rings. The largest absolute Gasteiger partial charge is 0.343 e. The molecule has 4 heteroatoms. The van der Waals surface area contributed by atoms with Crippen LogP contribution in [-0.2, 0) is 0 Å². The molecule has 0 radical (unpaired) electrons. The SMILES string of the molecule is S=C(N(c1ccccc1Cl)C1CCCCCC1)N(C1CCCCCC1)C1CCCCCC1. The number of para-hydroxylation sites is 1. The van der Waals surface area contributed by atoms with Crippen molar-refractivity contribution in [2.45, 2.75) is 134 Å². The van der Waals surface area contributed by atoms with E-state index in [-0.39, 0.29) is 0 Å². The van der Waals surface area contributed by atoms with E-state index in [2.05, 4.69) is 28.0 Å². The Morgan fingerprint density at radius 2 is 1.03 bits per heavy atom. The van der Waals surface area contributed by atoms with Crippen LogP contribution in [0.1, 0.15) is 116 Å². The molecule has 1 aromatic carbocycles. The third kappa shape index (κ3) is 6.20. The van der Waals surface area contributed by atoms with Crippen LogP contribution >= 0.6 is 23.8 Å². The van der Waals surface area contributed by atoms with Crippen LogP contribution < -0.4 is 4.90 Å². The molecule has 3 aliphatic carbocycles. The van der Waals surface area contributed by atoms with E-state index in [1.54, 1.807) is 0 Å². The molecule has 2 nitrogen and oxygen atoms in total. The summed E-state index contributed by atoms with van der Waals surface area (Å²) >= 11 is 13.3. The van der Waals surface area contributed by atoms with Crippen LogP contribution in [0.3, 0.4) is 0 Å². The van der Waals surface area contributed by atoms with Gasteiger partial charge >= 0.3 is 0 Å². The van der Waals surface area contributed by atoms with E-state index >= 15 is 0 Å². The molecular formula is C28H43ClN2S. The van der Waals surface area contributed by atoms with Crippen molar-refractivity contribution in [2.24, 2.45) is 0 Å². The molecule has 0 spiro atoms. The van der Waals surface area contributed by atoms with Gasteiger partial charge in [0, 0.05) is 18.1 Å². The lowest BCUT2D eigenvalue weighted by atomic mass is 9.99. The maximum Gasteiger partial charge on any atom is 0.176 e. The molecule has 178 valence electrons. The van der Waals surface area contributed by atoms with Crippen LogP contribution in [0.25, 0.3) is 0 Å². The standard InChI is InChI=1S/C28H43ClN2S/c29-26-21-13-14-22-27(26)31(25-19-11-5-6-12-20-25)28(32)30(23-15-7-1-2-8-16-23)24-17-9-3-4-10-18-24/h13-14,21-25H,1-12,15-20H2. The lowest BCUT2D eigenvalue weighted by Gasteiger charge is -2.46. The van der Waals surface area contributed by atoms with Crippen LogP contribution in [0, 0.1) is 0 Å². The van der Waals surface area contributed by atoms with Crippen molar-refractivity contribution in [2.75, 3.05) is 4.90 Å². The molecule has 0 N–H and O–H groups in total. The quantitative estimate of drug-likeness (QED) is 0.317. The van der Waals surface area contributed by atoms with Crippen molar-refractivity contribution in [1.29, 1.82) is 0 Å². The van der Waals surface area contributed by atoms with Crippen LogP contribution in [0.4, 0.5) is 5.69 Å². The Kier molecular flexibility index (Phi) is 9.58. The molecule has 1 aromatic rings. The summed E-state index contributed by atoms with van der Waals surface area (Å²) in [5.41, 5.74) is 1.14. The van der Waals surface area contributed by atoms with Gasteiger partial charge in [-0.25, -0.2) is 0 Å². The number of hydrogen-bond acceptors (Lipinski definition) is 1. The summed E-state index contributed by atoms with van der Waals surface area (Å²) in [4.78, 5) is 5.29. The van der Waals surface area contributed by atoms with E-state index in [0.29, 0.717) is 18.1 Å². The Morgan fingerprint density at radius 1 is 0.625 bits per heavy atom. The van der Waals surface area contributed by atoms with Crippen molar-refractivity contribution in [3.63, 3.8) is 0 Å². The number of rotatable bonds is 4. The smallest absolute Gasteiger partial charge is 0.176 e. The summed E-state index contributed by atoms with van der Waals surface area (Å²) in [5.74, 6) is 0. The maximum atomic E-state index is 6.83. The predicted molar refractivity (Wildman–Crippen MR) is 143 cm³/mol. The van der Waals surface area contributed by atoms with E-state index in [1.165, 1.54) is 116 Å². The molecular weight excluding hydrogens is 432 g/mol. The highest BCUT2D eigenvalue weighted by Crippen LogP contribution is 2.36. The van der Waals surface area contributed by atoms with Gasteiger partial charge in [0.05, 0.1) is 10.7 Å². The number of anilines is 1. The average Bonchev–Trinajstić information content (AvgIpc) is 3.33. The van der Waals surface area contributed by atoms with Crippen molar-refractivity contribution < 1.29 is 0 Å². The lowest BCUT2D eigenvalue weighted by molar-refractivity contribution is 0.198. The van der Waals surface area contributed by atoms with E-state index < -0.39 is 0 Å². The predicted octanol–water partition coefficient (Wildman–Crippen LogP) is 8.90. The Morgan fingerprint density at radius 3 is 1.47 bits per heavy atom. The molecule has 0 heterocycles. The highest BCUT2D eigenvalue weighted by molar-refractivity contribution is 7.80. The normalized spacial score (nSPS) is 22.5. The summed E-state index contributed by atoms with van der Waals surface area (Å²) in [6.45, 7) is 0. The molecule has 3 saturated carbocycles. The highest BCUT2D eigenvalue weighted by Gasteiger charge is 2.35. The van der Waals surface area contributed by atoms with E-state index in [1.807, 2.05) is 6.07 Å². The fourth-order valence-electron chi connectivity index (χ4n) is 6.43. The number of benzene rings is 1. The second kappa shape index (κ2) is 12.6. The molecule has 0 saturated heterocycles. The van der Waals surface area contributed by atoms with E-state index in [0.717, 1.165) is 15.8 Å². The monoisotopic (exact) mass is 474 g/mol. The Bertz CT molecular complexity index is 679. The van der Waals surface area contributed by atoms with Crippen molar-refractivity contribution >= 4 is 34.6 Å². The van der Waals surface area contributed by atoms with Gasteiger partial charge in [-0.1, -0.05) is 101 Å². The second-order valence-electron chi connectivity index (χ2n) is 10.4. The summed E-state index contributed by atoms with van der Waals surface area (Å²) in [6, 6.07) is 10.1. The number of halogens is 1. The van der Waals surface area contributed by atoms with Gasteiger partial charge in [-0.15, -0.1) is 0 Å². The highest BCUT2D eigenvalue weighted by atomic mass is 35.5. The third-order valence-corrected chi connectivity index (χ3v) is 8.89. The maximum absolute atomic E-state index is 6.83. The van der Waals surface area contributed by atoms with Gasteiger partial charge in [0.25, 0.3) is 0 Å². The topological polar surface area (TPSA) is 6.48 Å². The van der Waals surface area contributed by atoms with Crippen molar-refractivity contribution in [3.05, 3.63) is 29.3 Å². The lowest BCUT2D eigenvalue weighted by Crippen LogP contribution is -2.55. The van der Waals surface area contributed by atoms with Crippen molar-refractivity contribution in [1.82, 2.24) is 4.90 Å². The summed E-state index contributed by atoms with van der Waals surface area (Å²) < 4.78 is 0. The Hall–Kier alpha value is -0.800. The van der Waals surface area contributed by atoms with Crippen LogP contribution in [0.2, 0.25) is 5.02 Å². The van der Waals surface area contributed by atoms with Gasteiger partial charge in [0.1, 0.15) is 0 Å². The number of thiocarbonyl (C=S) groups is 1. The fraction of sp³-hybridized carbons (Fsp3) is 0.750. The first kappa shape index (κ1) is 24.3. The molecule has 0 amide bonds. The minimum absolute atomic E-state index is 0.476. The van der Waals surface area contributed by atoms with E-state index in [9.17, 15) is 0 Å². The molecule has 0 atom stereocenters. The average molecular weight is 475 g/mol. The Balaban J connectivity index is 1.69. The first-order chi connectivity index (χ1) is 15.8. The minimum atomic E-state index is 0.476. The zero-order valence-corrected chi connectivity index (χ0v) is 21.5. The molecule has 0 aliphatic heterocycles. The van der Waals surface area contributed by atoms with Gasteiger partial charge in [0.2, 0.25) is 0 Å². The number of hydrogen-bond donors (Lipinski definition) is 0. The summed E-state index contributed by atoms with van der Waals surface area (Å²) in [7, 11) is 0. The number of nitrogens with zero attached hydrogens (tertiary/aromatic N) is 2. The van der Waals surface area contributed by atoms with Crippen LogP contribution in [-0.4, -0.2) is 28.1 Å². The van der Waals surface area contributed by atoms with Gasteiger partial charge in [-0.2, -0.15) is 0 Å². The van der Waals surface area contributed by atoms with Gasteiger partial charge in [-0.05, 0) is 62.9 Å². The molecule has 0 bridgehead atoms. The van der Waals surface area contributed by atoms with Crippen LogP contribution in [0.15, 0.2) is 24.3 Å². The van der Waals surface area contributed by atoms with Crippen LogP contribution in [0.5, 0.6) is 0 Å². The first-order valence-corrected chi connectivity index (χ1v) is 14.4. The van der Waals surface area contributed by atoms with Gasteiger partial charge in [0.15, 0.2) is 5.11 Å². The molecule has 0 unspecified atom stereocenters. The summed E-state index contributed by atoms with van der Waals surface area (Å²) in [5, 5.41) is 1.93. The van der Waals surface area contributed by atoms with Gasteiger partial charge in [-0.3, -0.25) is 0 Å². The second-order valence-corrected chi connectivity index (χ2v) is 11.2. The first-order valence-electron chi connectivity index (χ1n) is 13.6. The van der Waals surface area contributed by atoms with Gasteiger partial charge < -0.3 is 9.80 Å². The molecule has 32 heavy (non-hydrogen) atoms. The summed E-state index contributed by atoms with van der Waals surface area (Å²) in [6.07, 6.45) is 24.0. The third-order valence-electron chi connectivity index (χ3n) is 8.16. The molecule has 3 aliphatic rings. The van der Waals surface area contributed by atoms with Crippen molar-refractivity contribution in [3.8, 4) is 0 Å². The zero-order valence-electron chi connectivity index (χ0n) is 20.0. The minimum Gasteiger partial charge on any atom is -0.343 e. The fourth-order valence-corrected chi connectivity index (χ4v) is 7.20. The molecule has 4 rings (SSSR count). The Labute approximate surface area is 207 Å². The zero-order chi connectivity index (χ0) is 22.2. The van der Waals surface area contributed by atoms with E-state index in [4.69, 9.17) is 23.8 Å². The molecule has 0 aromatic heterocycles.